The summed E-state index contributed by atoms with van der Waals surface area (Å²) in [6.45, 7) is 4.06. The average Bonchev–Trinajstić information content (AvgIpc) is 3.52. The largest absolute Gasteiger partial charge is 0.481 e. The van der Waals surface area contributed by atoms with Crippen LogP contribution in [0.2, 0.25) is 0 Å². The molecular weight excluding hydrogens is 334 g/mol. The van der Waals surface area contributed by atoms with Crippen LogP contribution in [0.5, 0.6) is 0 Å². The number of aliphatic carboxylic acids is 1. The van der Waals surface area contributed by atoms with Gasteiger partial charge in [0, 0.05) is 13.1 Å². The predicted octanol–water partition coefficient (Wildman–Crippen LogP) is 6.41. The minimum atomic E-state index is -0.503. The van der Waals surface area contributed by atoms with Crippen LogP contribution in [0, 0.1) is 10.8 Å². The molecule has 3 heteroatoms. The molecule has 27 heavy (non-hydrogen) atoms. The third-order valence-electron chi connectivity index (χ3n) is 7.70. The summed E-state index contributed by atoms with van der Waals surface area (Å²) in [5.74, 6) is -0.503. The Kier molecular flexibility index (Phi) is 8.05. The third-order valence-corrected chi connectivity index (χ3v) is 7.70. The molecule has 2 aliphatic carbocycles. The van der Waals surface area contributed by atoms with Crippen LogP contribution < -0.4 is 0 Å². The highest BCUT2D eigenvalue weighted by molar-refractivity contribution is 5.79. The van der Waals surface area contributed by atoms with Gasteiger partial charge in [-0.25, -0.2) is 0 Å². The van der Waals surface area contributed by atoms with Gasteiger partial charge in [-0.1, -0.05) is 77.0 Å². The van der Waals surface area contributed by atoms with E-state index in [1.807, 2.05) is 0 Å². The fourth-order valence-electron chi connectivity index (χ4n) is 5.25. The maximum absolute atomic E-state index is 11.5. The smallest absolute Gasteiger partial charge is 0.310 e. The molecule has 0 aromatic carbocycles. The van der Waals surface area contributed by atoms with Gasteiger partial charge >= 0.3 is 5.97 Å². The molecule has 1 heterocycles. The summed E-state index contributed by atoms with van der Waals surface area (Å²) in [5.41, 5.74) is -0.0729. The molecule has 0 aromatic heterocycles. The molecule has 0 amide bonds. The SMILES string of the molecule is O=C(O)C1(C2(CCCCCCCCCCCCCCCN3CC3)CC2)CC1. The second-order valence-corrected chi connectivity index (χ2v) is 9.86. The number of hydrogen-bond donors (Lipinski definition) is 1. The standard InChI is InChI=1S/C24H43NO2/c26-22(27)24(17-18-24)23(15-16-23)14-12-10-8-6-4-2-1-3-5-7-9-11-13-19-25-20-21-25/h1-21H2,(H,26,27). The second-order valence-electron chi connectivity index (χ2n) is 9.86. The Bertz CT molecular complexity index is 449. The van der Waals surface area contributed by atoms with E-state index in [-0.39, 0.29) is 10.8 Å². The van der Waals surface area contributed by atoms with E-state index >= 15 is 0 Å². The van der Waals surface area contributed by atoms with Crippen LogP contribution in [0.1, 0.15) is 116 Å². The van der Waals surface area contributed by atoms with Crippen molar-refractivity contribution in [2.75, 3.05) is 19.6 Å². The lowest BCUT2D eigenvalue weighted by atomic mass is 9.81. The molecule has 0 unspecified atom stereocenters. The van der Waals surface area contributed by atoms with Crippen LogP contribution in [-0.4, -0.2) is 35.6 Å². The van der Waals surface area contributed by atoms with Crippen LogP contribution in [0.15, 0.2) is 0 Å². The van der Waals surface area contributed by atoms with Crippen molar-refractivity contribution in [3.05, 3.63) is 0 Å². The number of carboxylic acid groups (broad SMARTS) is 1. The Morgan fingerprint density at radius 3 is 1.48 bits per heavy atom. The molecule has 3 rings (SSSR count). The Hall–Kier alpha value is -0.570. The summed E-state index contributed by atoms with van der Waals surface area (Å²) in [7, 11) is 0. The zero-order valence-corrected chi connectivity index (χ0v) is 17.7. The number of rotatable bonds is 18. The van der Waals surface area contributed by atoms with Crippen LogP contribution in [0.25, 0.3) is 0 Å². The molecule has 156 valence electrons. The van der Waals surface area contributed by atoms with Gasteiger partial charge in [0.15, 0.2) is 0 Å². The van der Waals surface area contributed by atoms with Gasteiger partial charge in [0.05, 0.1) is 5.41 Å². The van der Waals surface area contributed by atoms with Crippen LogP contribution in [0.3, 0.4) is 0 Å². The first kappa shape index (κ1) is 21.1. The summed E-state index contributed by atoms with van der Waals surface area (Å²) in [6, 6.07) is 0. The number of carbonyl (C=O) groups is 1. The molecule has 0 aromatic rings. The molecule has 2 saturated carbocycles. The lowest BCUT2D eigenvalue weighted by Crippen LogP contribution is -2.26. The van der Waals surface area contributed by atoms with Gasteiger partial charge in [-0.15, -0.1) is 0 Å². The van der Waals surface area contributed by atoms with Crippen LogP contribution in [0.4, 0.5) is 0 Å². The Labute approximate surface area is 167 Å². The molecule has 0 atom stereocenters. The Morgan fingerprint density at radius 2 is 1.11 bits per heavy atom. The van der Waals surface area contributed by atoms with E-state index in [1.165, 1.54) is 122 Å². The molecular formula is C24H43NO2. The molecule has 1 saturated heterocycles. The van der Waals surface area contributed by atoms with Gasteiger partial charge in [0.25, 0.3) is 0 Å². The highest BCUT2D eigenvalue weighted by atomic mass is 16.4. The summed E-state index contributed by atoms with van der Waals surface area (Å²) in [5, 5.41) is 9.52. The molecule has 1 aliphatic heterocycles. The summed E-state index contributed by atoms with van der Waals surface area (Å²) in [6.07, 6.45) is 23.6. The van der Waals surface area contributed by atoms with Crippen molar-refractivity contribution in [3.8, 4) is 0 Å². The summed E-state index contributed by atoms with van der Waals surface area (Å²) < 4.78 is 0. The van der Waals surface area contributed by atoms with E-state index in [0.717, 1.165) is 12.8 Å². The average molecular weight is 378 g/mol. The molecule has 0 radical (unpaired) electrons. The minimum Gasteiger partial charge on any atom is -0.481 e. The Balaban J connectivity index is 1.05. The molecule has 3 aliphatic rings. The highest BCUT2D eigenvalue weighted by Crippen LogP contribution is 2.72. The Morgan fingerprint density at radius 1 is 0.667 bits per heavy atom. The van der Waals surface area contributed by atoms with Gasteiger partial charge < -0.3 is 10.0 Å². The van der Waals surface area contributed by atoms with Crippen molar-refractivity contribution in [2.24, 2.45) is 10.8 Å². The first-order valence-corrected chi connectivity index (χ1v) is 12.1. The van der Waals surface area contributed by atoms with Crippen molar-refractivity contribution < 1.29 is 9.90 Å². The van der Waals surface area contributed by atoms with Gasteiger partial charge in [-0.3, -0.25) is 4.79 Å². The number of carboxylic acids is 1. The first-order valence-electron chi connectivity index (χ1n) is 12.1. The van der Waals surface area contributed by atoms with E-state index in [4.69, 9.17) is 0 Å². The molecule has 3 fully saturated rings. The number of hydrogen-bond acceptors (Lipinski definition) is 2. The van der Waals surface area contributed by atoms with E-state index in [9.17, 15) is 9.90 Å². The summed E-state index contributed by atoms with van der Waals surface area (Å²) in [4.78, 5) is 14.1. The minimum absolute atomic E-state index is 0.217. The molecule has 0 spiro atoms. The monoisotopic (exact) mass is 377 g/mol. The van der Waals surface area contributed by atoms with Crippen molar-refractivity contribution in [1.29, 1.82) is 0 Å². The van der Waals surface area contributed by atoms with E-state index in [1.54, 1.807) is 0 Å². The topological polar surface area (TPSA) is 40.3 Å². The van der Waals surface area contributed by atoms with E-state index in [2.05, 4.69) is 4.90 Å². The van der Waals surface area contributed by atoms with Crippen molar-refractivity contribution in [1.82, 2.24) is 4.90 Å². The van der Waals surface area contributed by atoms with E-state index < -0.39 is 5.97 Å². The number of nitrogens with zero attached hydrogens (tertiary/aromatic N) is 1. The lowest BCUT2D eigenvalue weighted by Gasteiger charge is -2.22. The maximum atomic E-state index is 11.5. The maximum Gasteiger partial charge on any atom is 0.310 e. The highest BCUT2D eigenvalue weighted by Gasteiger charge is 2.69. The van der Waals surface area contributed by atoms with Crippen LogP contribution >= 0.6 is 0 Å². The van der Waals surface area contributed by atoms with Gasteiger partial charge in [-0.2, -0.15) is 0 Å². The van der Waals surface area contributed by atoms with Crippen molar-refractivity contribution in [3.63, 3.8) is 0 Å². The molecule has 3 nitrogen and oxygen atoms in total. The zero-order valence-electron chi connectivity index (χ0n) is 17.7. The second kappa shape index (κ2) is 10.3. The van der Waals surface area contributed by atoms with E-state index in [0.29, 0.717) is 0 Å². The van der Waals surface area contributed by atoms with Crippen molar-refractivity contribution in [2.45, 2.75) is 116 Å². The van der Waals surface area contributed by atoms with Gasteiger partial charge in [0.2, 0.25) is 0 Å². The van der Waals surface area contributed by atoms with Gasteiger partial charge in [0.1, 0.15) is 0 Å². The predicted molar refractivity (Wildman–Crippen MR) is 112 cm³/mol. The molecule has 0 bridgehead atoms. The van der Waals surface area contributed by atoms with Crippen LogP contribution in [-0.2, 0) is 4.79 Å². The summed E-state index contributed by atoms with van der Waals surface area (Å²) >= 11 is 0. The fourth-order valence-corrected chi connectivity index (χ4v) is 5.25. The van der Waals surface area contributed by atoms with Crippen molar-refractivity contribution >= 4 is 5.97 Å². The number of unbranched alkanes of at least 4 members (excludes halogenated alkanes) is 12. The molecule has 1 N–H and O–H groups in total. The third kappa shape index (κ3) is 6.48. The zero-order chi connectivity index (χ0) is 19.0. The quantitative estimate of drug-likeness (QED) is 0.222. The lowest BCUT2D eigenvalue weighted by molar-refractivity contribution is -0.146. The first-order chi connectivity index (χ1) is 13.2. The normalized spacial score (nSPS) is 21.9. The fraction of sp³-hybridized carbons (Fsp3) is 0.958. The van der Waals surface area contributed by atoms with Gasteiger partial charge in [-0.05, 0) is 50.5 Å².